The van der Waals surface area contributed by atoms with Gasteiger partial charge in [0, 0.05) is 23.9 Å². The molecule has 2 aromatic rings. The number of nitrogens with zero attached hydrogens (tertiary/aromatic N) is 2. The van der Waals surface area contributed by atoms with Crippen molar-refractivity contribution in [3.8, 4) is 11.1 Å². The van der Waals surface area contributed by atoms with Crippen LogP contribution in [-0.4, -0.2) is 9.97 Å². The van der Waals surface area contributed by atoms with Gasteiger partial charge in [-0.15, -0.1) is 0 Å². The topological polar surface area (TPSA) is 25.8 Å². The van der Waals surface area contributed by atoms with Crippen molar-refractivity contribution in [3.63, 3.8) is 0 Å². The van der Waals surface area contributed by atoms with Gasteiger partial charge in [0.05, 0.1) is 0 Å². The fourth-order valence-electron chi connectivity index (χ4n) is 3.46. The van der Waals surface area contributed by atoms with E-state index in [9.17, 15) is 0 Å². The molecule has 3 rings (SSSR count). The largest absolute Gasteiger partial charge is 0.240 e. The van der Waals surface area contributed by atoms with Gasteiger partial charge in [-0.2, -0.15) is 0 Å². The van der Waals surface area contributed by atoms with Crippen LogP contribution in [0.15, 0.2) is 36.7 Å². The molecule has 22 heavy (non-hydrogen) atoms. The van der Waals surface area contributed by atoms with Crippen molar-refractivity contribution in [1.29, 1.82) is 0 Å². The lowest BCUT2D eigenvalue weighted by Crippen LogP contribution is -2.19. The van der Waals surface area contributed by atoms with E-state index in [0.717, 1.165) is 23.2 Å². The second-order valence-corrected chi connectivity index (χ2v) is 7.00. The number of aryl methyl sites for hydroxylation is 1. The maximum Gasteiger partial charge on any atom is 0.131 e. The Labute approximate surface area is 134 Å². The molecule has 0 bridgehead atoms. The molecule has 1 aliphatic carbocycles. The summed E-state index contributed by atoms with van der Waals surface area (Å²) in [6.07, 6.45) is 9.33. The Morgan fingerprint density at radius 3 is 2.09 bits per heavy atom. The van der Waals surface area contributed by atoms with Crippen molar-refractivity contribution < 1.29 is 0 Å². The second kappa shape index (κ2) is 6.60. The highest BCUT2D eigenvalue weighted by molar-refractivity contribution is 5.61. The number of hydrogen-bond acceptors (Lipinski definition) is 2. The standard InChI is InChI=1S/C20H26N2/c1-14-4-8-17(9-5-14)16(3)20-21-12-19(13-22-20)18-10-6-15(2)7-11-18/h6-7,10-14,16-17H,4-5,8-9H2,1-3H3. The van der Waals surface area contributed by atoms with Gasteiger partial charge in [-0.1, -0.05) is 56.5 Å². The average Bonchev–Trinajstić information content (AvgIpc) is 2.56. The summed E-state index contributed by atoms with van der Waals surface area (Å²) in [4.78, 5) is 9.32. The molecule has 1 unspecified atom stereocenters. The first-order chi connectivity index (χ1) is 10.6. The Hall–Kier alpha value is -1.70. The molecule has 1 aliphatic rings. The van der Waals surface area contributed by atoms with Crippen LogP contribution in [-0.2, 0) is 0 Å². The van der Waals surface area contributed by atoms with Crippen LogP contribution in [0.3, 0.4) is 0 Å². The van der Waals surface area contributed by atoms with Crippen LogP contribution in [0.4, 0.5) is 0 Å². The van der Waals surface area contributed by atoms with Gasteiger partial charge in [-0.3, -0.25) is 0 Å². The summed E-state index contributed by atoms with van der Waals surface area (Å²) in [6, 6.07) is 8.55. The van der Waals surface area contributed by atoms with Crippen molar-refractivity contribution in [2.45, 2.75) is 52.4 Å². The van der Waals surface area contributed by atoms with Crippen LogP contribution in [0.5, 0.6) is 0 Å². The fourth-order valence-corrected chi connectivity index (χ4v) is 3.46. The smallest absolute Gasteiger partial charge is 0.131 e. The molecule has 0 spiro atoms. The highest BCUT2D eigenvalue weighted by Crippen LogP contribution is 2.36. The third-order valence-corrected chi connectivity index (χ3v) is 5.23. The molecule has 1 saturated carbocycles. The average molecular weight is 294 g/mol. The van der Waals surface area contributed by atoms with E-state index in [1.807, 2.05) is 12.4 Å². The van der Waals surface area contributed by atoms with E-state index in [2.05, 4.69) is 55.0 Å². The number of hydrogen-bond donors (Lipinski definition) is 0. The predicted octanol–water partition coefficient (Wildman–Crippen LogP) is 5.38. The van der Waals surface area contributed by atoms with Crippen molar-refractivity contribution in [3.05, 3.63) is 48.0 Å². The molecule has 2 heteroatoms. The SMILES string of the molecule is Cc1ccc(-c2cnc(C(C)C3CCC(C)CC3)nc2)cc1. The molecule has 2 nitrogen and oxygen atoms in total. The summed E-state index contributed by atoms with van der Waals surface area (Å²) >= 11 is 0. The number of benzene rings is 1. The van der Waals surface area contributed by atoms with E-state index in [1.54, 1.807) is 0 Å². The maximum absolute atomic E-state index is 4.66. The lowest BCUT2D eigenvalue weighted by Gasteiger charge is -2.30. The summed E-state index contributed by atoms with van der Waals surface area (Å²) in [5, 5.41) is 0. The van der Waals surface area contributed by atoms with E-state index in [0.29, 0.717) is 5.92 Å². The quantitative estimate of drug-likeness (QED) is 0.759. The molecule has 0 aliphatic heterocycles. The highest BCUT2D eigenvalue weighted by atomic mass is 14.9. The molecule has 1 fully saturated rings. The molecule has 1 aromatic heterocycles. The Morgan fingerprint density at radius 1 is 0.909 bits per heavy atom. The van der Waals surface area contributed by atoms with E-state index >= 15 is 0 Å². The van der Waals surface area contributed by atoms with Gasteiger partial charge in [-0.25, -0.2) is 9.97 Å². The summed E-state index contributed by atoms with van der Waals surface area (Å²) in [6.45, 7) is 6.77. The van der Waals surface area contributed by atoms with Gasteiger partial charge in [0.15, 0.2) is 0 Å². The summed E-state index contributed by atoms with van der Waals surface area (Å²) in [5.41, 5.74) is 3.57. The molecule has 1 heterocycles. The fraction of sp³-hybridized carbons (Fsp3) is 0.500. The molecule has 0 amide bonds. The third kappa shape index (κ3) is 3.37. The van der Waals surface area contributed by atoms with Gasteiger partial charge in [-0.05, 0) is 37.2 Å². The molecule has 0 saturated heterocycles. The molecular formula is C20H26N2. The van der Waals surface area contributed by atoms with E-state index in [-0.39, 0.29) is 0 Å². The summed E-state index contributed by atoms with van der Waals surface area (Å²) in [5.74, 6) is 3.13. The van der Waals surface area contributed by atoms with Crippen molar-refractivity contribution in [2.24, 2.45) is 11.8 Å². The Bertz CT molecular complexity index is 593. The zero-order chi connectivity index (χ0) is 15.5. The first-order valence-corrected chi connectivity index (χ1v) is 8.52. The van der Waals surface area contributed by atoms with Crippen LogP contribution >= 0.6 is 0 Å². The van der Waals surface area contributed by atoms with Gasteiger partial charge in [0.25, 0.3) is 0 Å². The van der Waals surface area contributed by atoms with Crippen molar-refractivity contribution in [1.82, 2.24) is 9.97 Å². The van der Waals surface area contributed by atoms with E-state index in [1.165, 1.54) is 36.8 Å². The van der Waals surface area contributed by atoms with E-state index in [4.69, 9.17) is 0 Å². The Balaban J connectivity index is 1.72. The van der Waals surface area contributed by atoms with Crippen LogP contribution in [0, 0.1) is 18.8 Å². The lowest BCUT2D eigenvalue weighted by molar-refractivity contribution is 0.257. The Kier molecular flexibility index (Phi) is 4.56. The zero-order valence-electron chi connectivity index (χ0n) is 13.9. The molecule has 0 radical (unpaired) electrons. The Morgan fingerprint density at radius 2 is 1.50 bits per heavy atom. The lowest BCUT2D eigenvalue weighted by atomic mass is 9.77. The molecule has 0 N–H and O–H groups in total. The number of rotatable bonds is 3. The maximum atomic E-state index is 4.66. The van der Waals surface area contributed by atoms with Crippen LogP contribution in [0.25, 0.3) is 11.1 Å². The second-order valence-electron chi connectivity index (χ2n) is 7.00. The first-order valence-electron chi connectivity index (χ1n) is 8.52. The molecular weight excluding hydrogens is 268 g/mol. The molecule has 116 valence electrons. The number of aromatic nitrogens is 2. The van der Waals surface area contributed by atoms with Crippen molar-refractivity contribution in [2.75, 3.05) is 0 Å². The zero-order valence-corrected chi connectivity index (χ0v) is 13.9. The van der Waals surface area contributed by atoms with Gasteiger partial charge in [0.1, 0.15) is 5.82 Å². The van der Waals surface area contributed by atoms with Crippen LogP contribution in [0.1, 0.15) is 56.8 Å². The molecule has 1 atom stereocenters. The van der Waals surface area contributed by atoms with Crippen LogP contribution in [0.2, 0.25) is 0 Å². The third-order valence-electron chi connectivity index (χ3n) is 5.23. The van der Waals surface area contributed by atoms with Gasteiger partial charge >= 0.3 is 0 Å². The minimum atomic E-state index is 0.472. The summed E-state index contributed by atoms with van der Waals surface area (Å²) < 4.78 is 0. The normalized spacial score (nSPS) is 23.2. The van der Waals surface area contributed by atoms with Gasteiger partial charge < -0.3 is 0 Å². The summed E-state index contributed by atoms with van der Waals surface area (Å²) in [7, 11) is 0. The first kappa shape index (κ1) is 15.2. The molecule has 1 aromatic carbocycles. The van der Waals surface area contributed by atoms with Crippen LogP contribution < -0.4 is 0 Å². The van der Waals surface area contributed by atoms with Crippen molar-refractivity contribution >= 4 is 0 Å². The minimum absolute atomic E-state index is 0.472. The predicted molar refractivity (Wildman–Crippen MR) is 91.7 cm³/mol. The monoisotopic (exact) mass is 294 g/mol. The highest BCUT2D eigenvalue weighted by Gasteiger charge is 2.25. The van der Waals surface area contributed by atoms with E-state index < -0.39 is 0 Å². The minimum Gasteiger partial charge on any atom is -0.240 e. The van der Waals surface area contributed by atoms with Gasteiger partial charge in [0.2, 0.25) is 0 Å².